The fraction of sp³-hybridized carbons (Fsp3) is 0.667. The van der Waals surface area contributed by atoms with Crippen LogP contribution in [0.3, 0.4) is 0 Å². The second-order valence-electron chi connectivity index (χ2n) is 5.80. The third kappa shape index (κ3) is 2.38. The summed E-state index contributed by atoms with van der Waals surface area (Å²) in [5.41, 5.74) is -0.269. The van der Waals surface area contributed by atoms with Gasteiger partial charge in [0.05, 0.1) is 6.10 Å². The van der Waals surface area contributed by atoms with Crippen molar-refractivity contribution < 1.29 is 9.53 Å². The second-order valence-corrected chi connectivity index (χ2v) is 7.12. The van der Waals surface area contributed by atoms with Crippen LogP contribution in [0.5, 0.6) is 0 Å². The standard InChI is InChI=1S/C15H22N2O2S/c1-4-19-10(2)9-17-13(12-6-5-11(3)20-12)16-15(7-8-15)14(17)18/h5-6,10,13,16H,4,7-9H2,1-3H3. The molecule has 1 spiro atoms. The van der Waals surface area contributed by atoms with Crippen molar-refractivity contribution in [3.8, 4) is 0 Å². The highest BCUT2D eigenvalue weighted by atomic mass is 32.1. The van der Waals surface area contributed by atoms with Crippen LogP contribution in [0.2, 0.25) is 0 Å². The summed E-state index contributed by atoms with van der Waals surface area (Å²) in [6, 6.07) is 4.25. The topological polar surface area (TPSA) is 41.6 Å². The molecule has 20 heavy (non-hydrogen) atoms. The molecule has 0 bridgehead atoms. The molecule has 0 aromatic carbocycles. The van der Waals surface area contributed by atoms with E-state index in [2.05, 4.69) is 24.4 Å². The van der Waals surface area contributed by atoms with E-state index in [0.29, 0.717) is 13.2 Å². The van der Waals surface area contributed by atoms with E-state index in [0.717, 1.165) is 12.8 Å². The van der Waals surface area contributed by atoms with Gasteiger partial charge in [0.1, 0.15) is 11.7 Å². The summed E-state index contributed by atoms with van der Waals surface area (Å²) in [7, 11) is 0. The molecule has 3 rings (SSSR count). The van der Waals surface area contributed by atoms with Crippen LogP contribution >= 0.6 is 11.3 Å². The van der Waals surface area contributed by atoms with E-state index >= 15 is 0 Å². The lowest BCUT2D eigenvalue weighted by Gasteiger charge is -2.26. The number of aryl methyl sites for hydroxylation is 1. The number of amides is 1. The third-order valence-electron chi connectivity index (χ3n) is 4.08. The van der Waals surface area contributed by atoms with Gasteiger partial charge in [-0.05, 0) is 45.7 Å². The van der Waals surface area contributed by atoms with Crippen LogP contribution in [-0.2, 0) is 9.53 Å². The number of rotatable bonds is 5. The minimum atomic E-state index is -0.269. The second kappa shape index (κ2) is 5.13. The first-order chi connectivity index (χ1) is 9.55. The third-order valence-corrected chi connectivity index (χ3v) is 5.13. The van der Waals surface area contributed by atoms with E-state index < -0.39 is 0 Å². The van der Waals surface area contributed by atoms with Gasteiger partial charge in [0.2, 0.25) is 5.91 Å². The highest BCUT2D eigenvalue weighted by Crippen LogP contribution is 2.46. The van der Waals surface area contributed by atoms with Crippen LogP contribution in [0.4, 0.5) is 0 Å². The number of nitrogens with one attached hydrogen (secondary N) is 1. The number of thiophene rings is 1. The Morgan fingerprint density at radius 1 is 1.55 bits per heavy atom. The predicted molar refractivity (Wildman–Crippen MR) is 79.7 cm³/mol. The molecular weight excluding hydrogens is 272 g/mol. The Bertz CT molecular complexity index is 510. The summed E-state index contributed by atoms with van der Waals surface area (Å²) in [5, 5.41) is 3.55. The van der Waals surface area contributed by atoms with Crippen LogP contribution in [0.25, 0.3) is 0 Å². The van der Waals surface area contributed by atoms with Crippen molar-refractivity contribution in [3.63, 3.8) is 0 Å². The summed E-state index contributed by atoms with van der Waals surface area (Å²) in [6.07, 6.45) is 2.02. The minimum Gasteiger partial charge on any atom is -0.377 e. The Hall–Kier alpha value is -0.910. The van der Waals surface area contributed by atoms with Gasteiger partial charge in [0, 0.05) is 22.9 Å². The first-order valence-electron chi connectivity index (χ1n) is 7.32. The van der Waals surface area contributed by atoms with Gasteiger partial charge >= 0.3 is 0 Å². The van der Waals surface area contributed by atoms with Crippen molar-refractivity contribution in [2.24, 2.45) is 0 Å². The number of hydrogen-bond acceptors (Lipinski definition) is 4. The first kappa shape index (κ1) is 14.0. The molecule has 4 nitrogen and oxygen atoms in total. The number of nitrogens with zero attached hydrogens (tertiary/aromatic N) is 1. The van der Waals surface area contributed by atoms with Crippen molar-refractivity contribution in [2.45, 2.75) is 51.4 Å². The molecule has 2 unspecified atom stereocenters. The van der Waals surface area contributed by atoms with E-state index in [1.807, 2.05) is 18.7 Å². The maximum atomic E-state index is 12.6. The van der Waals surface area contributed by atoms with Crippen molar-refractivity contribution in [1.29, 1.82) is 0 Å². The monoisotopic (exact) mass is 294 g/mol. The van der Waals surface area contributed by atoms with Gasteiger partial charge < -0.3 is 9.64 Å². The number of hydrogen-bond donors (Lipinski definition) is 1. The van der Waals surface area contributed by atoms with Gasteiger partial charge in [-0.15, -0.1) is 11.3 Å². The Balaban J connectivity index is 1.81. The Morgan fingerprint density at radius 3 is 2.85 bits per heavy atom. The van der Waals surface area contributed by atoms with Crippen LogP contribution in [-0.4, -0.2) is 35.6 Å². The molecule has 110 valence electrons. The smallest absolute Gasteiger partial charge is 0.244 e. The fourth-order valence-electron chi connectivity index (χ4n) is 2.90. The van der Waals surface area contributed by atoms with E-state index in [1.165, 1.54) is 9.75 Å². The molecule has 1 aliphatic carbocycles. The summed E-state index contributed by atoms with van der Waals surface area (Å²) in [4.78, 5) is 17.1. The average Bonchev–Trinajstić information content (AvgIpc) is 3.00. The Labute approximate surface area is 124 Å². The number of ether oxygens (including phenoxy) is 1. The van der Waals surface area contributed by atoms with Gasteiger partial charge in [0.25, 0.3) is 0 Å². The molecule has 2 aliphatic rings. The van der Waals surface area contributed by atoms with Crippen LogP contribution in [0.1, 0.15) is 42.6 Å². The zero-order chi connectivity index (χ0) is 14.3. The lowest BCUT2D eigenvalue weighted by Crippen LogP contribution is -2.37. The Morgan fingerprint density at radius 2 is 2.30 bits per heavy atom. The normalized spacial score (nSPS) is 25.4. The van der Waals surface area contributed by atoms with Crippen molar-refractivity contribution in [3.05, 3.63) is 21.9 Å². The van der Waals surface area contributed by atoms with Crippen molar-refractivity contribution in [2.75, 3.05) is 13.2 Å². The van der Waals surface area contributed by atoms with Gasteiger partial charge in [-0.25, -0.2) is 0 Å². The van der Waals surface area contributed by atoms with E-state index in [1.54, 1.807) is 11.3 Å². The van der Waals surface area contributed by atoms with Gasteiger partial charge in [0.15, 0.2) is 0 Å². The van der Waals surface area contributed by atoms with Crippen molar-refractivity contribution >= 4 is 17.2 Å². The van der Waals surface area contributed by atoms with Gasteiger partial charge in [-0.3, -0.25) is 10.1 Å². The number of carbonyl (C=O) groups is 1. The highest BCUT2D eigenvalue weighted by Gasteiger charge is 2.59. The SMILES string of the molecule is CCOC(C)CN1C(=O)C2(CC2)NC1c1ccc(C)s1. The lowest BCUT2D eigenvalue weighted by molar-refractivity contribution is -0.132. The average molecular weight is 294 g/mol. The fourth-order valence-corrected chi connectivity index (χ4v) is 3.85. The molecule has 2 heterocycles. The molecule has 2 atom stereocenters. The molecule has 1 aromatic heterocycles. The largest absolute Gasteiger partial charge is 0.377 e. The molecule has 1 aromatic rings. The summed E-state index contributed by atoms with van der Waals surface area (Å²) in [6.45, 7) is 7.47. The van der Waals surface area contributed by atoms with E-state index in [4.69, 9.17) is 4.74 Å². The predicted octanol–water partition coefficient (Wildman–Crippen LogP) is 2.44. The first-order valence-corrected chi connectivity index (χ1v) is 8.14. The molecule has 1 saturated carbocycles. The van der Waals surface area contributed by atoms with E-state index in [9.17, 15) is 4.79 Å². The highest BCUT2D eigenvalue weighted by molar-refractivity contribution is 7.12. The quantitative estimate of drug-likeness (QED) is 0.907. The zero-order valence-electron chi connectivity index (χ0n) is 12.3. The minimum absolute atomic E-state index is 0.0200. The van der Waals surface area contributed by atoms with E-state index in [-0.39, 0.29) is 23.7 Å². The molecule has 5 heteroatoms. The number of carbonyl (C=O) groups excluding carboxylic acids is 1. The summed E-state index contributed by atoms with van der Waals surface area (Å²) < 4.78 is 5.61. The molecule has 1 amide bonds. The molecule has 1 aliphatic heterocycles. The molecular formula is C15H22N2O2S. The lowest BCUT2D eigenvalue weighted by atomic mass is 10.2. The van der Waals surface area contributed by atoms with Gasteiger partial charge in [-0.1, -0.05) is 0 Å². The van der Waals surface area contributed by atoms with Crippen LogP contribution < -0.4 is 5.32 Å². The van der Waals surface area contributed by atoms with Crippen molar-refractivity contribution in [1.82, 2.24) is 10.2 Å². The molecule has 0 radical (unpaired) electrons. The molecule has 1 saturated heterocycles. The zero-order valence-corrected chi connectivity index (χ0v) is 13.1. The molecule has 2 fully saturated rings. The summed E-state index contributed by atoms with van der Waals surface area (Å²) in [5.74, 6) is 0.250. The van der Waals surface area contributed by atoms with Gasteiger partial charge in [-0.2, -0.15) is 0 Å². The molecule has 1 N–H and O–H groups in total. The maximum Gasteiger partial charge on any atom is 0.244 e. The van der Waals surface area contributed by atoms with Crippen LogP contribution in [0, 0.1) is 6.92 Å². The Kier molecular flexibility index (Phi) is 3.60. The van der Waals surface area contributed by atoms with Crippen LogP contribution in [0.15, 0.2) is 12.1 Å². The summed E-state index contributed by atoms with van der Waals surface area (Å²) >= 11 is 1.76. The maximum absolute atomic E-state index is 12.6.